The summed E-state index contributed by atoms with van der Waals surface area (Å²) < 4.78 is 5.85. The number of ether oxygens (including phenoxy) is 1. The average molecular weight is 346 g/mol. The molecule has 1 amide bonds. The highest BCUT2D eigenvalue weighted by atomic mass is 35.5. The summed E-state index contributed by atoms with van der Waals surface area (Å²) in [6.45, 7) is 3.28. The second-order valence-electron chi connectivity index (χ2n) is 5.84. The van der Waals surface area contributed by atoms with Crippen LogP contribution in [0.25, 0.3) is 0 Å². The smallest absolute Gasteiger partial charge is 0.316 e. The maximum atomic E-state index is 12.7. The van der Waals surface area contributed by atoms with E-state index >= 15 is 0 Å². The van der Waals surface area contributed by atoms with Crippen molar-refractivity contribution in [2.24, 2.45) is 0 Å². The number of carbonyl (C=O) groups is 1. The Morgan fingerprint density at radius 2 is 2.08 bits per heavy atom. The molecule has 126 valence electrons. The first-order chi connectivity index (χ1) is 11.7. The molecule has 0 radical (unpaired) electrons. The van der Waals surface area contributed by atoms with Gasteiger partial charge in [-0.3, -0.25) is 4.79 Å². The molecule has 1 fully saturated rings. The lowest BCUT2D eigenvalue weighted by Crippen LogP contribution is -2.44. The third kappa shape index (κ3) is 3.85. The molecular formula is C18H20ClN3O2. The van der Waals surface area contributed by atoms with Gasteiger partial charge >= 0.3 is 6.01 Å². The van der Waals surface area contributed by atoms with Crippen molar-refractivity contribution in [2.45, 2.75) is 32.3 Å². The van der Waals surface area contributed by atoms with Crippen LogP contribution >= 0.6 is 11.6 Å². The SMILES string of the molecule is CCc1cnc(OC2CCCN(C(=O)c3ccccc3Cl)C2)nc1. The van der Waals surface area contributed by atoms with E-state index in [1.54, 1.807) is 29.4 Å². The van der Waals surface area contributed by atoms with Crippen molar-refractivity contribution in [1.82, 2.24) is 14.9 Å². The van der Waals surface area contributed by atoms with Gasteiger partial charge in [-0.25, -0.2) is 9.97 Å². The van der Waals surface area contributed by atoms with E-state index in [9.17, 15) is 4.79 Å². The Kier molecular flexibility index (Phi) is 5.30. The van der Waals surface area contributed by atoms with E-state index in [1.807, 2.05) is 12.1 Å². The Labute approximate surface area is 146 Å². The minimum Gasteiger partial charge on any atom is -0.458 e. The highest BCUT2D eigenvalue weighted by molar-refractivity contribution is 6.33. The van der Waals surface area contributed by atoms with Crippen LogP contribution in [-0.4, -0.2) is 40.0 Å². The molecule has 1 aliphatic heterocycles. The number of hydrogen-bond donors (Lipinski definition) is 0. The van der Waals surface area contributed by atoms with E-state index in [0.717, 1.165) is 24.8 Å². The Morgan fingerprint density at radius 3 is 2.79 bits per heavy atom. The lowest BCUT2D eigenvalue weighted by molar-refractivity contribution is 0.0516. The molecule has 1 aliphatic rings. The number of halogens is 1. The standard InChI is InChI=1S/C18H20ClN3O2/c1-2-13-10-20-18(21-11-13)24-14-6-5-9-22(12-14)17(23)15-7-3-4-8-16(15)19/h3-4,7-8,10-11,14H,2,5-6,9,12H2,1H3. The minimum absolute atomic E-state index is 0.0591. The van der Waals surface area contributed by atoms with Gasteiger partial charge in [0, 0.05) is 18.9 Å². The first-order valence-corrected chi connectivity index (χ1v) is 8.56. The van der Waals surface area contributed by atoms with Gasteiger partial charge in [-0.05, 0) is 37.0 Å². The van der Waals surface area contributed by atoms with Gasteiger partial charge in [-0.2, -0.15) is 0 Å². The van der Waals surface area contributed by atoms with Gasteiger partial charge in [-0.1, -0.05) is 30.7 Å². The zero-order chi connectivity index (χ0) is 16.9. The van der Waals surface area contributed by atoms with Crippen molar-refractivity contribution in [3.8, 4) is 6.01 Å². The molecule has 1 aromatic heterocycles. The van der Waals surface area contributed by atoms with Crippen molar-refractivity contribution in [1.29, 1.82) is 0 Å². The maximum absolute atomic E-state index is 12.7. The number of rotatable bonds is 4. The second kappa shape index (κ2) is 7.62. The van der Waals surface area contributed by atoms with E-state index < -0.39 is 0 Å². The number of benzene rings is 1. The predicted molar refractivity (Wildman–Crippen MR) is 92.4 cm³/mol. The third-order valence-electron chi connectivity index (χ3n) is 4.13. The van der Waals surface area contributed by atoms with Crippen molar-refractivity contribution < 1.29 is 9.53 Å². The molecule has 24 heavy (non-hydrogen) atoms. The highest BCUT2D eigenvalue weighted by Gasteiger charge is 2.27. The Bertz CT molecular complexity index is 706. The van der Waals surface area contributed by atoms with E-state index in [2.05, 4.69) is 16.9 Å². The number of amides is 1. The first kappa shape index (κ1) is 16.7. The topological polar surface area (TPSA) is 55.3 Å². The van der Waals surface area contributed by atoms with Crippen molar-refractivity contribution in [2.75, 3.05) is 13.1 Å². The quantitative estimate of drug-likeness (QED) is 0.852. The molecule has 0 N–H and O–H groups in total. The summed E-state index contributed by atoms with van der Waals surface area (Å²) >= 11 is 6.13. The zero-order valence-corrected chi connectivity index (χ0v) is 14.4. The second-order valence-corrected chi connectivity index (χ2v) is 6.25. The fraction of sp³-hybridized carbons (Fsp3) is 0.389. The van der Waals surface area contributed by atoms with Crippen LogP contribution in [0, 0.1) is 0 Å². The first-order valence-electron chi connectivity index (χ1n) is 8.18. The summed E-state index contributed by atoms with van der Waals surface area (Å²) in [5.41, 5.74) is 1.60. The van der Waals surface area contributed by atoms with Crippen LogP contribution in [-0.2, 0) is 6.42 Å². The van der Waals surface area contributed by atoms with Crippen LogP contribution in [0.2, 0.25) is 5.02 Å². The predicted octanol–water partition coefficient (Wildman–Crippen LogP) is 3.38. The van der Waals surface area contributed by atoms with Gasteiger partial charge in [-0.15, -0.1) is 0 Å². The zero-order valence-electron chi connectivity index (χ0n) is 13.6. The summed E-state index contributed by atoms with van der Waals surface area (Å²) in [6.07, 6.45) is 6.11. The summed E-state index contributed by atoms with van der Waals surface area (Å²) in [4.78, 5) is 22.9. The van der Waals surface area contributed by atoms with Crippen molar-refractivity contribution >= 4 is 17.5 Å². The Balaban J connectivity index is 1.65. The van der Waals surface area contributed by atoms with Crippen molar-refractivity contribution in [3.05, 3.63) is 52.8 Å². The van der Waals surface area contributed by atoms with E-state index in [1.165, 1.54) is 0 Å². The molecule has 3 rings (SSSR count). The molecule has 0 saturated carbocycles. The van der Waals surface area contributed by atoms with Gasteiger partial charge < -0.3 is 9.64 Å². The minimum atomic E-state index is -0.0994. The molecule has 6 heteroatoms. The molecule has 5 nitrogen and oxygen atoms in total. The lowest BCUT2D eigenvalue weighted by Gasteiger charge is -2.32. The number of hydrogen-bond acceptors (Lipinski definition) is 4. The molecule has 0 aliphatic carbocycles. The molecule has 1 atom stereocenters. The average Bonchev–Trinajstić information content (AvgIpc) is 2.62. The van der Waals surface area contributed by atoms with Gasteiger partial charge in [0.1, 0.15) is 6.10 Å². The molecule has 1 aromatic carbocycles. The lowest BCUT2D eigenvalue weighted by atomic mass is 10.1. The molecular weight excluding hydrogens is 326 g/mol. The number of piperidine rings is 1. The van der Waals surface area contributed by atoms with E-state index in [4.69, 9.17) is 16.3 Å². The number of nitrogens with zero attached hydrogens (tertiary/aromatic N) is 3. The van der Waals surface area contributed by atoms with Gasteiger partial charge in [0.05, 0.1) is 17.1 Å². The Morgan fingerprint density at radius 1 is 1.33 bits per heavy atom. The molecule has 1 saturated heterocycles. The largest absolute Gasteiger partial charge is 0.458 e. The summed E-state index contributed by atoms with van der Waals surface area (Å²) in [7, 11) is 0. The summed E-state index contributed by atoms with van der Waals surface area (Å²) in [6, 6.07) is 7.49. The molecule has 0 spiro atoms. The van der Waals surface area contributed by atoms with Crippen LogP contribution in [0.5, 0.6) is 6.01 Å². The van der Waals surface area contributed by atoms with Gasteiger partial charge in [0.2, 0.25) is 0 Å². The van der Waals surface area contributed by atoms with Crippen LogP contribution in [0.15, 0.2) is 36.7 Å². The third-order valence-corrected chi connectivity index (χ3v) is 4.46. The van der Waals surface area contributed by atoms with Crippen LogP contribution in [0.4, 0.5) is 0 Å². The summed E-state index contributed by atoms with van der Waals surface area (Å²) in [5, 5.41) is 0.476. The molecule has 0 bridgehead atoms. The number of aromatic nitrogens is 2. The summed E-state index contributed by atoms with van der Waals surface area (Å²) in [5.74, 6) is -0.0591. The molecule has 1 unspecified atom stereocenters. The van der Waals surface area contributed by atoms with Crippen LogP contribution in [0.3, 0.4) is 0 Å². The van der Waals surface area contributed by atoms with Crippen LogP contribution < -0.4 is 4.74 Å². The van der Waals surface area contributed by atoms with Gasteiger partial charge in [0.25, 0.3) is 5.91 Å². The van der Waals surface area contributed by atoms with Gasteiger partial charge in [0.15, 0.2) is 0 Å². The number of likely N-dealkylation sites (tertiary alicyclic amines) is 1. The maximum Gasteiger partial charge on any atom is 0.316 e. The number of aryl methyl sites for hydroxylation is 1. The Hall–Kier alpha value is -2.14. The number of carbonyl (C=O) groups excluding carboxylic acids is 1. The highest BCUT2D eigenvalue weighted by Crippen LogP contribution is 2.21. The van der Waals surface area contributed by atoms with E-state index in [0.29, 0.717) is 29.7 Å². The fourth-order valence-corrected chi connectivity index (χ4v) is 2.98. The fourth-order valence-electron chi connectivity index (χ4n) is 2.76. The monoisotopic (exact) mass is 345 g/mol. The normalized spacial score (nSPS) is 17.6. The molecule has 2 heterocycles. The molecule has 2 aromatic rings. The van der Waals surface area contributed by atoms with Crippen molar-refractivity contribution in [3.63, 3.8) is 0 Å². The van der Waals surface area contributed by atoms with E-state index in [-0.39, 0.29) is 12.0 Å². The van der Waals surface area contributed by atoms with Crippen LogP contribution in [0.1, 0.15) is 35.7 Å².